The maximum absolute atomic E-state index is 13.1. The topological polar surface area (TPSA) is 105 Å². The summed E-state index contributed by atoms with van der Waals surface area (Å²) in [6, 6.07) is 18.4. The van der Waals surface area contributed by atoms with E-state index >= 15 is 0 Å². The minimum atomic E-state index is -4.02. The van der Waals surface area contributed by atoms with E-state index in [1.54, 1.807) is 41.3 Å². The van der Waals surface area contributed by atoms with Crippen LogP contribution in [0.25, 0.3) is 0 Å². The first-order valence-corrected chi connectivity index (χ1v) is 12.7. The Kier molecular flexibility index (Phi) is 7.07. The second-order valence-corrected chi connectivity index (χ2v) is 10.1. The van der Waals surface area contributed by atoms with E-state index in [1.165, 1.54) is 25.3 Å². The highest BCUT2D eigenvalue weighted by Crippen LogP contribution is 2.28. The molecule has 0 atom stereocenters. The van der Waals surface area contributed by atoms with Gasteiger partial charge in [0.1, 0.15) is 10.6 Å². The zero-order chi connectivity index (χ0) is 25.0. The summed E-state index contributed by atoms with van der Waals surface area (Å²) in [5, 5.41) is 2.81. The Labute approximate surface area is 205 Å². The van der Waals surface area contributed by atoms with Gasteiger partial charge in [-0.25, -0.2) is 8.42 Å². The first-order chi connectivity index (χ1) is 16.7. The lowest BCUT2D eigenvalue weighted by molar-refractivity contribution is -0.128. The molecule has 2 N–H and O–H groups in total. The van der Waals surface area contributed by atoms with Crippen LogP contribution in [0.2, 0.25) is 0 Å². The molecule has 0 aromatic heterocycles. The molecule has 1 aliphatic heterocycles. The third-order valence-electron chi connectivity index (χ3n) is 5.75. The second-order valence-electron chi connectivity index (χ2n) is 8.41. The Morgan fingerprint density at radius 1 is 1.03 bits per heavy atom. The number of likely N-dealkylation sites (tertiary alicyclic amines) is 1. The monoisotopic (exact) mass is 493 g/mol. The molecule has 1 heterocycles. The van der Waals surface area contributed by atoms with Gasteiger partial charge >= 0.3 is 0 Å². The van der Waals surface area contributed by atoms with Crippen LogP contribution in [-0.2, 0) is 21.4 Å². The van der Waals surface area contributed by atoms with E-state index in [2.05, 4.69) is 10.0 Å². The number of sulfonamides is 1. The number of carbonyl (C=O) groups is 2. The number of hydrogen-bond acceptors (Lipinski definition) is 5. The third kappa shape index (κ3) is 5.81. The van der Waals surface area contributed by atoms with Gasteiger partial charge < -0.3 is 15.0 Å². The first kappa shape index (κ1) is 24.3. The van der Waals surface area contributed by atoms with Gasteiger partial charge in [0.05, 0.1) is 7.11 Å². The number of methoxy groups -OCH3 is 1. The predicted molar refractivity (Wildman–Crippen MR) is 134 cm³/mol. The van der Waals surface area contributed by atoms with Gasteiger partial charge in [-0.3, -0.25) is 14.3 Å². The zero-order valence-electron chi connectivity index (χ0n) is 19.6. The van der Waals surface area contributed by atoms with Gasteiger partial charge in [0, 0.05) is 36.4 Å². The summed E-state index contributed by atoms with van der Waals surface area (Å²) < 4.78 is 33.9. The Morgan fingerprint density at radius 3 is 2.49 bits per heavy atom. The number of hydrogen-bond donors (Lipinski definition) is 2. The molecular weight excluding hydrogens is 466 g/mol. The lowest BCUT2D eigenvalue weighted by atomic mass is 10.1. The van der Waals surface area contributed by atoms with E-state index in [9.17, 15) is 18.0 Å². The molecule has 35 heavy (non-hydrogen) atoms. The fourth-order valence-electron chi connectivity index (χ4n) is 3.90. The van der Waals surface area contributed by atoms with Gasteiger partial charge in [-0.15, -0.1) is 0 Å². The normalized spacial score (nSPS) is 13.5. The third-order valence-corrected chi connectivity index (χ3v) is 7.15. The van der Waals surface area contributed by atoms with Crippen LogP contribution >= 0.6 is 0 Å². The summed E-state index contributed by atoms with van der Waals surface area (Å²) in [5.74, 6) is -0.210. The maximum Gasteiger partial charge on any atom is 0.265 e. The molecule has 182 valence electrons. The molecule has 1 aliphatic rings. The van der Waals surface area contributed by atoms with Crippen molar-refractivity contribution in [2.75, 3.05) is 23.7 Å². The van der Waals surface area contributed by atoms with Crippen molar-refractivity contribution >= 4 is 33.2 Å². The van der Waals surface area contributed by atoms with Gasteiger partial charge in [-0.1, -0.05) is 29.8 Å². The van der Waals surface area contributed by atoms with Crippen molar-refractivity contribution in [1.29, 1.82) is 0 Å². The molecule has 0 aliphatic carbocycles. The summed E-state index contributed by atoms with van der Waals surface area (Å²) in [4.78, 5) is 26.5. The van der Waals surface area contributed by atoms with Crippen molar-refractivity contribution in [1.82, 2.24) is 4.90 Å². The number of aryl methyl sites for hydroxylation is 1. The summed E-state index contributed by atoms with van der Waals surface area (Å²) >= 11 is 0. The number of amides is 2. The summed E-state index contributed by atoms with van der Waals surface area (Å²) in [5.41, 5.74) is 3.02. The lowest BCUT2D eigenvalue weighted by Gasteiger charge is -2.16. The molecular formula is C26H27N3O5S. The minimum absolute atomic E-state index is 0.124. The molecule has 0 unspecified atom stereocenters. The molecule has 4 rings (SSSR count). The number of nitrogens with one attached hydrogen (secondary N) is 2. The van der Waals surface area contributed by atoms with E-state index in [1.807, 2.05) is 19.1 Å². The summed E-state index contributed by atoms with van der Waals surface area (Å²) in [7, 11) is -2.64. The Morgan fingerprint density at radius 2 is 1.80 bits per heavy atom. The Balaban J connectivity index is 1.54. The minimum Gasteiger partial charge on any atom is -0.495 e. The van der Waals surface area contributed by atoms with Gasteiger partial charge in [-0.05, 0) is 61.4 Å². The standard InChI is InChI=1S/C26H27N3O5S/c1-18-8-11-21(12-9-18)28-35(32,33)24-16-20(10-13-23(24)34-2)26(31)27-22-6-3-5-19(15-22)17-29-14-4-7-25(29)30/h3,5-6,8-13,15-16,28H,4,7,14,17H2,1-2H3,(H,27,31). The van der Waals surface area contributed by atoms with Crippen LogP contribution in [0, 0.1) is 6.92 Å². The van der Waals surface area contributed by atoms with Crippen molar-refractivity contribution in [3.8, 4) is 5.75 Å². The van der Waals surface area contributed by atoms with Crippen LogP contribution in [0.4, 0.5) is 11.4 Å². The molecule has 2 amide bonds. The second kappa shape index (κ2) is 10.2. The van der Waals surface area contributed by atoms with E-state index in [-0.39, 0.29) is 22.1 Å². The van der Waals surface area contributed by atoms with Crippen LogP contribution in [0.15, 0.2) is 71.6 Å². The molecule has 1 saturated heterocycles. The first-order valence-electron chi connectivity index (χ1n) is 11.2. The van der Waals surface area contributed by atoms with E-state index in [4.69, 9.17) is 4.74 Å². The van der Waals surface area contributed by atoms with E-state index in [0.29, 0.717) is 24.3 Å². The number of benzene rings is 3. The highest BCUT2D eigenvalue weighted by atomic mass is 32.2. The van der Waals surface area contributed by atoms with Crippen LogP contribution in [0.5, 0.6) is 5.75 Å². The number of nitrogens with zero attached hydrogens (tertiary/aromatic N) is 1. The van der Waals surface area contributed by atoms with Crippen molar-refractivity contribution < 1.29 is 22.7 Å². The zero-order valence-corrected chi connectivity index (χ0v) is 20.4. The summed E-state index contributed by atoms with van der Waals surface area (Å²) in [6.45, 7) is 3.12. The van der Waals surface area contributed by atoms with E-state index in [0.717, 1.165) is 24.1 Å². The molecule has 0 radical (unpaired) electrons. The van der Waals surface area contributed by atoms with Gasteiger partial charge in [0.15, 0.2) is 0 Å². The van der Waals surface area contributed by atoms with Crippen LogP contribution in [0.3, 0.4) is 0 Å². The van der Waals surface area contributed by atoms with Crippen LogP contribution in [0.1, 0.15) is 34.3 Å². The largest absolute Gasteiger partial charge is 0.495 e. The molecule has 3 aromatic carbocycles. The Bertz CT molecular complexity index is 1350. The fourth-order valence-corrected chi connectivity index (χ4v) is 5.16. The number of rotatable bonds is 8. The van der Waals surface area contributed by atoms with Gasteiger partial charge in [-0.2, -0.15) is 0 Å². The highest BCUT2D eigenvalue weighted by molar-refractivity contribution is 7.92. The van der Waals surface area contributed by atoms with Gasteiger partial charge in [0.2, 0.25) is 5.91 Å². The number of carbonyl (C=O) groups excluding carboxylic acids is 2. The van der Waals surface area contributed by atoms with Crippen molar-refractivity contribution in [3.63, 3.8) is 0 Å². The molecule has 9 heteroatoms. The molecule has 0 saturated carbocycles. The molecule has 0 spiro atoms. The molecule has 3 aromatic rings. The summed E-state index contributed by atoms with van der Waals surface area (Å²) in [6.07, 6.45) is 1.43. The molecule has 1 fully saturated rings. The van der Waals surface area contributed by atoms with E-state index < -0.39 is 15.9 Å². The van der Waals surface area contributed by atoms with Gasteiger partial charge in [0.25, 0.3) is 15.9 Å². The quantitative estimate of drug-likeness (QED) is 0.490. The number of ether oxygens (including phenoxy) is 1. The highest BCUT2D eigenvalue weighted by Gasteiger charge is 2.23. The average Bonchev–Trinajstić information content (AvgIpc) is 3.24. The maximum atomic E-state index is 13.1. The van der Waals surface area contributed by atoms with Crippen molar-refractivity contribution in [2.45, 2.75) is 31.2 Å². The van der Waals surface area contributed by atoms with Crippen molar-refractivity contribution in [3.05, 3.63) is 83.4 Å². The molecule has 8 nitrogen and oxygen atoms in total. The smallest absolute Gasteiger partial charge is 0.265 e. The molecule has 0 bridgehead atoms. The number of anilines is 2. The SMILES string of the molecule is COc1ccc(C(=O)Nc2cccc(CN3CCCC3=O)c2)cc1S(=O)(=O)Nc1ccc(C)cc1. The van der Waals surface area contributed by atoms with Crippen LogP contribution < -0.4 is 14.8 Å². The fraction of sp³-hybridized carbons (Fsp3) is 0.231. The Hall–Kier alpha value is -3.85. The lowest BCUT2D eigenvalue weighted by Crippen LogP contribution is -2.23. The van der Waals surface area contributed by atoms with Crippen molar-refractivity contribution in [2.24, 2.45) is 0 Å². The van der Waals surface area contributed by atoms with Crippen LogP contribution in [-0.4, -0.2) is 38.8 Å². The average molecular weight is 494 g/mol. The predicted octanol–water partition coefficient (Wildman–Crippen LogP) is 4.18.